The molecular weight excluding hydrogens is 425 g/mol. The fraction of sp³-hybridized carbons (Fsp3) is 0.304. The molecule has 0 aliphatic heterocycles. The number of aromatic carboxylic acids is 1. The van der Waals surface area contributed by atoms with E-state index in [9.17, 15) is 24.2 Å². The molecule has 164 valence electrons. The van der Waals surface area contributed by atoms with E-state index in [1.165, 1.54) is 19.4 Å². The van der Waals surface area contributed by atoms with Crippen LogP contribution in [0.25, 0.3) is 10.9 Å². The van der Waals surface area contributed by atoms with Crippen molar-refractivity contribution in [2.75, 3.05) is 13.7 Å². The zero-order valence-electron chi connectivity index (χ0n) is 17.2. The minimum Gasteiger partial charge on any atom is -0.495 e. The summed E-state index contributed by atoms with van der Waals surface area (Å²) >= 11 is 5.87. The molecule has 0 radical (unpaired) electrons. The molecular formula is C23H23ClFNO5. The number of aromatic nitrogens is 1. The van der Waals surface area contributed by atoms with Gasteiger partial charge in [0.25, 0.3) is 0 Å². The molecule has 0 aliphatic rings. The van der Waals surface area contributed by atoms with Crippen LogP contribution in [0.2, 0.25) is 5.02 Å². The molecule has 3 aromatic rings. The van der Waals surface area contributed by atoms with Crippen LogP contribution in [0.1, 0.15) is 34.8 Å². The van der Waals surface area contributed by atoms with Gasteiger partial charge in [-0.15, -0.1) is 0 Å². The number of fused-ring (bicyclic) bond motifs is 1. The van der Waals surface area contributed by atoms with E-state index in [4.69, 9.17) is 16.3 Å². The van der Waals surface area contributed by atoms with Gasteiger partial charge in [0, 0.05) is 25.8 Å². The molecule has 0 saturated heterocycles. The molecule has 6 nitrogen and oxygen atoms in total. The second-order valence-corrected chi connectivity index (χ2v) is 7.94. The number of rotatable bonds is 8. The van der Waals surface area contributed by atoms with Crippen molar-refractivity contribution >= 4 is 28.5 Å². The molecule has 0 aliphatic carbocycles. The smallest absolute Gasteiger partial charge is 0.341 e. The fourth-order valence-corrected chi connectivity index (χ4v) is 3.86. The first-order valence-corrected chi connectivity index (χ1v) is 10.2. The Labute approximate surface area is 183 Å². The standard InChI is InChI=1S/C23H23ClFNO5/c1-13(6-7-27)11-26-12-17(23(29)30)22(28)16-9-14(10-19(31-2)21(16)26)8-15-4-3-5-18(24)20(15)25/h3-5,9-10,12-13,27H,6-8,11H2,1-2H3,(H,29,30)/t13-/m0/s1. The number of pyridine rings is 1. The zero-order valence-corrected chi connectivity index (χ0v) is 17.9. The Kier molecular flexibility index (Phi) is 6.97. The van der Waals surface area contributed by atoms with E-state index in [-0.39, 0.29) is 34.9 Å². The Bertz CT molecular complexity index is 1190. The molecule has 0 spiro atoms. The topological polar surface area (TPSA) is 88.8 Å². The number of carboxylic acid groups (broad SMARTS) is 1. The van der Waals surface area contributed by atoms with Crippen LogP contribution in [-0.2, 0) is 13.0 Å². The van der Waals surface area contributed by atoms with Crippen LogP contribution in [-0.4, -0.2) is 34.5 Å². The number of benzene rings is 2. The average molecular weight is 448 g/mol. The molecule has 31 heavy (non-hydrogen) atoms. The summed E-state index contributed by atoms with van der Waals surface area (Å²) in [5.41, 5.74) is 0.384. The van der Waals surface area contributed by atoms with E-state index >= 15 is 0 Å². The number of aliphatic hydroxyl groups excluding tert-OH is 1. The number of halogens is 2. The lowest BCUT2D eigenvalue weighted by Crippen LogP contribution is -2.21. The van der Waals surface area contributed by atoms with Crippen LogP contribution in [0.5, 0.6) is 5.75 Å². The summed E-state index contributed by atoms with van der Waals surface area (Å²) in [5, 5.41) is 18.9. The second-order valence-electron chi connectivity index (χ2n) is 7.53. The number of carboxylic acids is 1. The Morgan fingerprint density at radius 3 is 2.71 bits per heavy atom. The summed E-state index contributed by atoms with van der Waals surface area (Å²) in [7, 11) is 1.45. The maximum Gasteiger partial charge on any atom is 0.341 e. The van der Waals surface area contributed by atoms with Gasteiger partial charge in [0.1, 0.15) is 17.1 Å². The van der Waals surface area contributed by atoms with Crippen LogP contribution in [0, 0.1) is 11.7 Å². The van der Waals surface area contributed by atoms with Crippen molar-refractivity contribution in [2.24, 2.45) is 5.92 Å². The van der Waals surface area contributed by atoms with Gasteiger partial charge < -0.3 is 19.5 Å². The highest BCUT2D eigenvalue weighted by molar-refractivity contribution is 6.30. The van der Waals surface area contributed by atoms with Crippen LogP contribution in [0.3, 0.4) is 0 Å². The lowest BCUT2D eigenvalue weighted by Gasteiger charge is -2.19. The van der Waals surface area contributed by atoms with Gasteiger partial charge in [0.05, 0.1) is 23.0 Å². The van der Waals surface area contributed by atoms with Crippen molar-refractivity contribution in [3.63, 3.8) is 0 Å². The molecule has 2 N–H and O–H groups in total. The highest BCUT2D eigenvalue weighted by atomic mass is 35.5. The van der Waals surface area contributed by atoms with Crippen molar-refractivity contribution < 1.29 is 24.1 Å². The molecule has 2 aromatic carbocycles. The Hall–Kier alpha value is -2.90. The number of carbonyl (C=O) groups is 1. The molecule has 1 aromatic heterocycles. The predicted molar refractivity (Wildman–Crippen MR) is 117 cm³/mol. The van der Waals surface area contributed by atoms with Gasteiger partial charge in [-0.2, -0.15) is 0 Å². The van der Waals surface area contributed by atoms with Crippen LogP contribution < -0.4 is 10.2 Å². The van der Waals surface area contributed by atoms with E-state index in [1.54, 1.807) is 28.8 Å². The van der Waals surface area contributed by atoms with Crippen molar-refractivity contribution in [3.8, 4) is 5.75 Å². The van der Waals surface area contributed by atoms with E-state index in [0.29, 0.717) is 35.4 Å². The summed E-state index contributed by atoms with van der Waals surface area (Å²) in [6.45, 7) is 2.30. The third kappa shape index (κ3) is 4.73. The molecule has 0 bridgehead atoms. The van der Waals surface area contributed by atoms with Gasteiger partial charge in [-0.05, 0) is 41.7 Å². The van der Waals surface area contributed by atoms with E-state index in [2.05, 4.69) is 0 Å². The zero-order chi connectivity index (χ0) is 22.7. The van der Waals surface area contributed by atoms with Gasteiger partial charge in [0.15, 0.2) is 0 Å². The lowest BCUT2D eigenvalue weighted by atomic mass is 10.00. The Morgan fingerprint density at radius 2 is 2.06 bits per heavy atom. The molecule has 0 saturated carbocycles. The first kappa shape index (κ1) is 22.8. The SMILES string of the molecule is COc1cc(Cc2cccc(Cl)c2F)cc2c(=O)c(C(=O)O)cn(C[C@@H](C)CCO)c12. The van der Waals surface area contributed by atoms with E-state index in [0.717, 1.165) is 0 Å². The number of hydrogen-bond donors (Lipinski definition) is 2. The minimum absolute atomic E-state index is 0.00126. The normalized spacial score (nSPS) is 12.2. The largest absolute Gasteiger partial charge is 0.495 e. The van der Waals surface area contributed by atoms with Crippen molar-refractivity contribution in [3.05, 3.63) is 74.3 Å². The molecule has 1 heterocycles. The van der Waals surface area contributed by atoms with Gasteiger partial charge in [0.2, 0.25) is 5.43 Å². The molecule has 0 amide bonds. The summed E-state index contributed by atoms with van der Waals surface area (Å²) < 4.78 is 21.6. The van der Waals surface area contributed by atoms with Crippen molar-refractivity contribution in [1.82, 2.24) is 4.57 Å². The number of aliphatic hydroxyl groups is 1. The van der Waals surface area contributed by atoms with Gasteiger partial charge >= 0.3 is 5.97 Å². The van der Waals surface area contributed by atoms with Crippen LogP contribution in [0.4, 0.5) is 4.39 Å². The fourth-order valence-electron chi connectivity index (χ4n) is 3.66. The first-order valence-electron chi connectivity index (χ1n) is 9.77. The van der Waals surface area contributed by atoms with E-state index in [1.807, 2.05) is 6.92 Å². The number of ether oxygens (including phenoxy) is 1. The quantitative estimate of drug-likeness (QED) is 0.542. The monoisotopic (exact) mass is 447 g/mol. The summed E-state index contributed by atoms with van der Waals surface area (Å²) in [5.74, 6) is -1.47. The first-order chi connectivity index (χ1) is 14.8. The van der Waals surface area contributed by atoms with Gasteiger partial charge in [-0.25, -0.2) is 9.18 Å². The molecule has 3 rings (SSSR count). The number of hydrogen-bond acceptors (Lipinski definition) is 4. The highest BCUT2D eigenvalue weighted by Crippen LogP contribution is 2.29. The van der Waals surface area contributed by atoms with Gasteiger partial charge in [-0.3, -0.25) is 4.79 Å². The number of nitrogens with zero attached hydrogens (tertiary/aromatic N) is 1. The number of methoxy groups -OCH3 is 1. The van der Waals surface area contributed by atoms with Crippen LogP contribution >= 0.6 is 11.6 Å². The average Bonchev–Trinajstić information content (AvgIpc) is 2.72. The van der Waals surface area contributed by atoms with Crippen molar-refractivity contribution in [1.29, 1.82) is 0 Å². The van der Waals surface area contributed by atoms with Gasteiger partial charge in [-0.1, -0.05) is 30.7 Å². The molecule has 1 atom stereocenters. The predicted octanol–water partition coefficient (Wildman–Crippen LogP) is 4.11. The third-order valence-corrected chi connectivity index (χ3v) is 5.49. The Morgan fingerprint density at radius 1 is 1.32 bits per heavy atom. The van der Waals surface area contributed by atoms with Crippen molar-refractivity contribution in [2.45, 2.75) is 26.3 Å². The second kappa shape index (κ2) is 9.49. The Balaban J connectivity index is 2.23. The third-order valence-electron chi connectivity index (χ3n) is 5.20. The van der Waals surface area contributed by atoms with Crippen LogP contribution in [0.15, 0.2) is 41.3 Å². The molecule has 8 heteroatoms. The maximum atomic E-state index is 14.4. The molecule has 0 fully saturated rings. The highest BCUT2D eigenvalue weighted by Gasteiger charge is 2.20. The molecule has 0 unspecified atom stereocenters. The summed E-state index contributed by atoms with van der Waals surface area (Å²) in [6, 6.07) is 7.96. The maximum absolute atomic E-state index is 14.4. The summed E-state index contributed by atoms with van der Waals surface area (Å²) in [4.78, 5) is 24.6. The summed E-state index contributed by atoms with van der Waals surface area (Å²) in [6.07, 6.45) is 1.97. The van der Waals surface area contributed by atoms with E-state index < -0.39 is 17.2 Å². The minimum atomic E-state index is -1.33. The lowest BCUT2D eigenvalue weighted by molar-refractivity contribution is 0.0694.